The lowest BCUT2D eigenvalue weighted by atomic mass is 10.4. The van der Waals surface area contributed by atoms with E-state index in [1.807, 2.05) is 4.90 Å². The van der Waals surface area contributed by atoms with E-state index >= 15 is 0 Å². The van der Waals surface area contributed by atoms with Crippen LogP contribution in [0, 0.1) is 11.3 Å². The first kappa shape index (κ1) is 15.9. The summed E-state index contributed by atoms with van der Waals surface area (Å²) in [6.07, 6.45) is 0. The summed E-state index contributed by atoms with van der Waals surface area (Å²) < 4.78 is 28.0. The van der Waals surface area contributed by atoms with Gasteiger partial charge in [-0.2, -0.15) is 9.57 Å². The Labute approximate surface area is 135 Å². The first-order valence-corrected chi connectivity index (χ1v) is 9.02. The lowest BCUT2D eigenvalue weighted by Crippen LogP contribution is -2.48. The van der Waals surface area contributed by atoms with E-state index in [0.29, 0.717) is 37.2 Å². The van der Waals surface area contributed by atoms with Crippen molar-refractivity contribution in [2.24, 2.45) is 0 Å². The Balaban J connectivity index is 2.20. The molecule has 0 unspecified atom stereocenters. The van der Waals surface area contributed by atoms with Crippen molar-refractivity contribution in [3.63, 3.8) is 0 Å². The molecule has 0 radical (unpaired) electrons. The molecule has 1 aromatic rings. The zero-order chi connectivity index (χ0) is 14.8. The van der Waals surface area contributed by atoms with Gasteiger partial charge in [-0.05, 0) is 34.1 Å². The molecule has 1 aliphatic rings. The number of benzene rings is 1. The van der Waals surface area contributed by atoms with E-state index in [1.165, 1.54) is 4.31 Å². The second-order valence-corrected chi connectivity index (χ2v) is 8.09. The van der Waals surface area contributed by atoms with Crippen LogP contribution in [0.25, 0.3) is 0 Å². The standard InChI is InChI=1S/C12H13Br2N3O2S/c13-10-1-2-11(14)12(9-10)20(18,19)17-7-5-16(4-3-15)6-8-17/h1-2,9H,4-8H2. The number of nitriles is 1. The molecule has 1 fully saturated rings. The molecule has 20 heavy (non-hydrogen) atoms. The largest absolute Gasteiger partial charge is 0.288 e. The van der Waals surface area contributed by atoms with Gasteiger partial charge in [-0.25, -0.2) is 8.42 Å². The average Bonchev–Trinajstić information content (AvgIpc) is 2.42. The Kier molecular flexibility index (Phi) is 5.20. The SMILES string of the molecule is N#CCN1CCN(S(=O)(=O)c2cc(Br)ccc2Br)CC1. The van der Waals surface area contributed by atoms with Crippen molar-refractivity contribution in [3.05, 3.63) is 27.1 Å². The Bertz CT molecular complexity index is 635. The Hall–Kier alpha value is -0.460. The minimum atomic E-state index is -3.51. The summed E-state index contributed by atoms with van der Waals surface area (Å²) in [5.41, 5.74) is 0. The Morgan fingerprint density at radius 1 is 1.20 bits per heavy atom. The van der Waals surface area contributed by atoms with Gasteiger partial charge in [0.1, 0.15) is 0 Å². The molecule has 1 heterocycles. The van der Waals surface area contributed by atoms with E-state index in [1.54, 1.807) is 18.2 Å². The van der Waals surface area contributed by atoms with Gasteiger partial charge in [-0.1, -0.05) is 15.9 Å². The number of nitrogens with zero attached hydrogens (tertiary/aromatic N) is 3. The molecule has 0 atom stereocenters. The maximum atomic E-state index is 12.6. The number of hydrogen-bond acceptors (Lipinski definition) is 4. The third-order valence-electron chi connectivity index (χ3n) is 3.14. The lowest BCUT2D eigenvalue weighted by Gasteiger charge is -2.32. The molecule has 1 aliphatic heterocycles. The molecule has 0 amide bonds. The molecule has 0 spiro atoms. The van der Waals surface area contributed by atoms with Crippen LogP contribution >= 0.6 is 31.9 Å². The molecule has 8 heteroatoms. The van der Waals surface area contributed by atoms with Crippen molar-refractivity contribution < 1.29 is 8.42 Å². The molecule has 1 saturated heterocycles. The minimum Gasteiger partial charge on any atom is -0.288 e. The second kappa shape index (κ2) is 6.54. The van der Waals surface area contributed by atoms with Crippen LogP contribution < -0.4 is 0 Å². The van der Waals surface area contributed by atoms with Gasteiger partial charge in [0, 0.05) is 35.1 Å². The topological polar surface area (TPSA) is 64.4 Å². The van der Waals surface area contributed by atoms with Gasteiger partial charge in [0.25, 0.3) is 0 Å². The zero-order valence-corrected chi connectivity index (χ0v) is 14.6. The first-order chi connectivity index (χ1) is 9.45. The Morgan fingerprint density at radius 3 is 2.45 bits per heavy atom. The molecule has 2 rings (SSSR count). The highest BCUT2D eigenvalue weighted by Gasteiger charge is 2.29. The van der Waals surface area contributed by atoms with Crippen molar-refractivity contribution in [2.45, 2.75) is 4.90 Å². The van der Waals surface area contributed by atoms with Crippen molar-refractivity contribution in [1.82, 2.24) is 9.21 Å². The zero-order valence-electron chi connectivity index (χ0n) is 10.6. The molecule has 0 saturated carbocycles. The monoisotopic (exact) mass is 421 g/mol. The highest BCUT2D eigenvalue weighted by Crippen LogP contribution is 2.28. The van der Waals surface area contributed by atoms with Crippen LogP contribution in [0.5, 0.6) is 0 Å². The van der Waals surface area contributed by atoms with Crippen LogP contribution in [0.4, 0.5) is 0 Å². The maximum absolute atomic E-state index is 12.6. The van der Waals surface area contributed by atoms with Crippen LogP contribution in [-0.2, 0) is 10.0 Å². The van der Waals surface area contributed by atoms with Gasteiger partial charge in [-0.15, -0.1) is 0 Å². The second-order valence-electron chi connectivity index (χ2n) is 4.41. The number of hydrogen-bond donors (Lipinski definition) is 0. The molecule has 0 aliphatic carbocycles. The van der Waals surface area contributed by atoms with Gasteiger partial charge in [-0.3, -0.25) is 4.90 Å². The summed E-state index contributed by atoms with van der Waals surface area (Å²) in [5, 5.41) is 8.65. The van der Waals surface area contributed by atoms with Crippen LogP contribution in [0.15, 0.2) is 32.0 Å². The molecular weight excluding hydrogens is 410 g/mol. The molecular formula is C12H13Br2N3O2S. The van der Waals surface area contributed by atoms with E-state index in [0.717, 1.165) is 4.47 Å². The molecule has 0 N–H and O–H groups in total. The predicted molar refractivity (Wildman–Crippen MR) is 82.7 cm³/mol. The lowest BCUT2D eigenvalue weighted by molar-refractivity contribution is 0.206. The molecule has 0 aromatic heterocycles. The van der Waals surface area contributed by atoms with Gasteiger partial charge in [0.15, 0.2) is 0 Å². The third-order valence-corrected chi connectivity index (χ3v) is 6.52. The number of sulfonamides is 1. The fourth-order valence-electron chi connectivity index (χ4n) is 2.04. The van der Waals surface area contributed by atoms with Crippen LogP contribution in [0.3, 0.4) is 0 Å². The minimum absolute atomic E-state index is 0.264. The van der Waals surface area contributed by atoms with E-state index in [4.69, 9.17) is 5.26 Å². The highest BCUT2D eigenvalue weighted by molar-refractivity contribution is 9.11. The highest BCUT2D eigenvalue weighted by atomic mass is 79.9. The van der Waals surface area contributed by atoms with Crippen LogP contribution in [0.1, 0.15) is 0 Å². The summed E-state index contributed by atoms with van der Waals surface area (Å²) in [6, 6.07) is 7.18. The van der Waals surface area contributed by atoms with E-state index in [9.17, 15) is 8.42 Å². The van der Waals surface area contributed by atoms with E-state index < -0.39 is 10.0 Å². The third kappa shape index (κ3) is 3.40. The normalized spacial score (nSPS) is 17.9. The van der Waals surface area contributed by atoms with Gasteiger partial charge in [0.2, 0.25) is 10.0 Å². The van der Waals surface area contributed by atoms with Crippen LogP contribution in [0.2, 0.25) is 0 Å². The fourth-order valence-corrected chi connectivity index (χ4v) is 4.93. The smallest absolute Gasteiger partial charge is 0.244 e. The fraction of sp³-hybridized carbons (Fsp3) is 0.417. The molecule has 108 valence electrons. The van der Waals surface area contributed by atoms with Crippen molar-refractivity contribution in [1.29, 1.82) is 5.26 Å². The quantitative estimate of drug-likeness (QED) is 0.699. The van der Waals surface area contributed by atoms with Gasteiger partial charge in [0.05, 0.1) is 17.5 Å². The molecule has 0 bridgehead atoms. The van der Waals surface area contributed by atoms with E-state index in [2.05, 4.69) is 37.9 Å². The van der Waals surface area contributed by atoms with Crippen molar-refractivity contribution in [3.8, 4) is 6.07 Å². The molecule has 5 nitrogen and oxygen atoms in total. The first-order valence-electron chi connectivity index (χ1n) is 5.99. The summed E-state index contributed by atoms with van der Waals surface area (Å²) in [6.45, 7) is 2.32. The maximum Gasteiger partial charge on any atom is 0.244 e. The number of rotatable bonds is 3. The summed E-state index contributed by atoms with van der Waals surface area (Å²) in [7, 11) is -3.51. The van der Waals surface area contributed by atoms with E-state index in [-0.39, 0.29) is 4.90 Å². The Morgan fingerprint density at radius 2 is 1.85 bits per heavy atom. The van der Waals surface area contributed by atoms with Crippen molar-refractivity contribution in [2.75, 3.05) is 32.7 Å². The summed E-state index contributed by atoms with van der Waals surface area (Å²) in [5.74, 6) is 0. The van der Waals surface area contributed by atoms with Gasteiger partial charge < -0.3 is 0 Å². The predicted octanol–water partition coefficient (Wildman–Crippen LogP) is 2.04. The number of halogens is 2. The van der Waals surface area contributed by atoms with Gasteiger partial charge >= 0.3 is 0 Å². The van der Waals surface area contributed by atoms with Crippen molar-refractivity contribution >= 4 is 41.9 Å². The molecule has 1 aromatic carbocycles. The summed E-state index contributed by atoms with van der Waals surface area (Å²) >= 11 is 6.58. The number of piperazine rings is 1. The van der Waals surface area contributed by atoms with Crippen LogP contribution in [-0.4, -0.2) is 50.3 Å². The summed E-state index contributed by atoms with van der Waals surface area (Å²) in [4.78, 5) is 2.21. The average molecular weight is 423 g/mol.